The summed E-state index contributed by atoms with van der Waals surface area (Å²) in [5.74, 6) is 0. The van der Waals surface area contributed by atoms with Crippen molar-refractivity contribution in [1.82, 2.24) is 0 Å². The highest BCUT2D eigenvalue weighted by Gasteiger charge is 2.21. The molecule has 2 aromatic carbocycles. The second kappa shape index (κ2) is 7.55. The van der Waals surface area contributed by atoms with Crippen molar-refractivity contribution in [2.45, 2.75) is 36.5 Å². The molecule has 0 fully saturated rings. The number of halogens is 2. The minimum absolute atomic E-state index is 0.0627. The van der Waals surface area contributed by atoms with Crippen LogP contribution in [0.5, 0.6) is 0 Å². The molecule has 2 aromatic rings. The van der Waals surface area contributed by atoms with Gasteiger partial charge in [-0.05, 0) is 37.1 Å². The monoisotopic (exact) mass is 339 g/mol. The van der Waals surface area contributed by atoms with Gasteiger partial charge in [0, 0.05) is 21.2 Å². The fourth-order valence-corrected chi connectivity index (χ4v) is 3.87. The summed E-state index contributed by atoms with van der Waals surface area (Å²) in [5.41, 5.74) is 8.79. The maximum atomic E-state index is 6.33. The Hall–Kier alpha value is -0.670. The van der Waals surface area contributed by atoms with Crippen molar-refractivity contribution in [1.29, 1.82) is 0 Å². The van der Waals surface area contributed by atoms with Crippen molar-refractivity contribution in [2.75, 3.05) is 0 Å². The van der Waals surface area contributed by atoms with Crippen LogP contribution in [0.2, 0.25) is 10.0 Å². The maximum absolute atomic E-state index is 6.33. The van der Waals surface area contributed by atoms with Crippen LogP contribution in [0.4, 0.5) is 0 Å². The largest absolute Gasteiger partial charge is 0.326 e. The first kappa shape index (κ1) is 16.7. The molecule has 0 spiro atoms. The van der Waals surface area contributed by atoms with Crippen LogP contribution < -0.4 is 5.73 Å². The Labute approximate surface area is 140 Å². The fourth-order valence-electron chi connectivity index (χ4n) is 2.08. The molecular formula is C17H19Cl2NS. The highest BCUT2D eigenvalue weighted by molar-refractivity contribution is 7.99. The zero-order valence-corrected chi connectivity index (χ0v) is 14.5. The molecule has 2 atom stereocenters. The summed E-state index contributed by atoms with van der Waals surface area (Å²) >= 11 is 14.0. The van der Waals surface area contributed by atoms with E-state index >= 15 is 0 Å². The first-order valence-corrected chi connectivity index (χ1v) is 8.58. The normalized spacial score (nSPS) is 14.0. The predicted molar refractivity (Wildman–Crippen MR) is 94.5 cm³/mol. The van der Waals surface area contributed by atoms with Crippen LogP contribution in [-0.4, -0.2) is 6.04 Å². The molecule has 0 aliphatic rings. The second-order valence-electron chi connectivity index (χ2n) is 5.10. The highest BCUT2D eigenvalue weighted by Crippen LogP contribution is 2.42. The highest BCUT2D eigenvalue weighted by atomic mass is 35.5. The minimum Gasteiger partial charge on any atom is -0.326 e. The van der Waals surface area contributed by atoms with Gasteiger partial charge in [0.2, 0.25) is 0 Å². The van der Waals surface area contributed by atoms with Crippen LogP contribution >= 0.6 is 35.0 Å². The number of thioether (sulfide) groups is 1. The molecule has 2 unspecified atom stereocenters. The summed E-state index contributed by atoms with van der Waals surface area (Å²) in [4.78, 5) is 0.971. The van der Waals surface area contributed by atoms with Gasteiger partial charge in [0.25, 0.3) is 0 Å². The summed E-state index contributed by atoms with van der Waals surface area (Å²) in [5, 5.41) is 1.56. The van der Waals surface area contributed by atoms with Gasteiger partial charge in [0.05, 0.1) is 5.02 Å². The van der Waals surface area contributed by atoms with E-state index in [9.17, 15) is 0 Å². The Kier molecular flexibility index (Phi) is 6.00. The molecule has 0 bridgehead atoms. The Morgan fingerprint density at radius 2 is 1.76 bits per heavy atom. The molecule has 1 nitrogen and oxygen atoms in total. The lowest BCUT2D eigenvalue weighted by molar-refractivity contribution is 0.634. The van der Waals surface area contributed by atoms with E-state index in [0.29, 0.717) is 10.0 Å². The molecule has 0 aliphatic carbocycles. The molecule has 0 aliphatic heterocycles. The van der Waals surface area contributed by atoms with Gasteiger partial charge in [-0.2, -0.15) is 0 Å². The van der Waals surface area contributed by atoms with Crippen molar-refractivity contribution in [3.63, 3.8) is 0 Å². The number of rotatable bonds is 5. The van der Waals surface area contributed by atoms with Gasteiger partial charge in [0.1, 0.15) is 0 Å². The van der Waals surface area contributed by atoms with Gasteiger partial charge in [-0.3, -0.25) is 0 Å². The smallest absolute Gasteiger partial charge is 0.0543 e. The number of hydrogen-bond donors (Lipinski definition) is 1. The molecule has 4 heteroatoms. The van der Waals surface area contributed by atoms with E-state index in [1.54, 1.807) is 17.8 Å². The third kappa shape index (κ3) is 4.40. The summed E-state index contributed by atoms with van der Waals surface area (Å²) in [6.07, 6.45) is 0.906. The molecule has 0 aromatic heterocycles. The van der Waals surface area contributed by atoms with Gasteiger partial charge in [-0.15, -0.1) is 11.8 Å². The lowest BCUT2D eigenvalue weighted by Crippen LogP contribution is -2.25. The fraction of sp³-hybridized carbons (Fsp3) is 0.294. The molecule has 0 saturated heterocycles. The molecule has 0 heterocycles. The molecule has 2 N–H and O–H groups in total. The Balaban J connectivity index is 2.32. The van der Waals surface area contributed by atoms with Crippen LogP contribution in [0.3, 0.4) is 0 Å². The molecule has 21 heavy (non-hydrogen) atoms. The average molecular weight is 340 g/mol. The maximum Gasteiger partial charge on any atom is 0.0543 e. The van der Waals surface area contributed by atoms with Crippen LogP contribution in [-0.2, 0) is 0 Å². The van der Waals surface area contributed by atoms with E-state index in [2.05, 4.69) is 38.1 Å². The molecule has 0 radical (unpaired) electrons. The van der Waals surface area contributed by atoms with Crippen LogP contribution in [0.15, 0.2) is 47.4 Å². The molecule has 0 saturated carbocycles. The first-order valence-electron chi connectivity index (χ1n) is 6.95. The van der Waals surface area contributed by atoms with Gasteiger partial charge >= 0.3 is 0 Å². The Morgan fingerprint density at radius 1 is 1.10 bits per heavy atom. The van der Waals surface area contributed by atoms with E-state index in [0.717, 1.165) is 11.3 Å². The van der Waals surface area contributed by atoms with Crippen LogP contribution in [0.25, 0.3) is 0 Å². The number of hydrogen-bond acceptors (Lipinski definition) is 2. The molecule has 2 rings (SSSR count). The first-order chi connectivity index (χ1) is 10.0. The average Bonchev–Trinajstić information content (AvgIpc) is 2.48. The second-order valence-corrected chi connectivity index (χ2v) is 7.12. The lowest BCUT2D eigenvalue weighted by Gasteiger charge is -2.23. The quantitative estimate of drug-likeness (QED) is 0.689. The lowest BCUT2D eigenvalue weighted by atomic mass is 10.0. The van der Waals surface area contributed by atoms with Crippen LogP contribution in [0.1, 0.15) is 29.7 Å². The molecular weight excluding hydrogens is 321 g/mol. The standard InChI is InChI=1S/C17H19Cl2NS/c1-3-15(20)17(12-6-4-11(2)5-7-12)21-16-10-13(18)8-9-14(16)19/h4-10,15,17H,3,20H2,1-2H3. The van der Waals surface area contributed by atoms with Crippen LogP contribution in [0, 0.1) is 6.92 Å². The molecule has 0 amide bonds. The Morgan fingerprint density at radius 3 is 2.38 bits per heavy atom. The van der Waals surface area contributed by atoms with E-state index in [-0.39, 0.29) is 11.3 Å². The van der Waals surface area contributed by atoms with E-state index in [4.69, 9.17) is 28.9 Å². The van der Waals surface area contributed by atoms with Gasteiger partial charge < -0.3 is 5.73 Å². The number of nitrogens with two attached hydrogens (primary N) is 1. The Bertz CT molecular complexity index is 598. The van der Waals surface area contributed by atoms with Crippen molar-refractivity contribution >= 4 is 35.0 Å². The van der Waals surface area contributed by atoms with Gasteiger partial charge in [0.15, 0.2) is 0 Å². The summed E-state index contributed by atoms with van der Waals surface area (Å²) < 4.78 is 0. The van der Waals surface area contributed by atoms with E-state index < -0.39 is 0 Å². The van der Waals surface area contributed by atoms with E-state index in [1.807, 2.05) is 12.1 Å². The third-order valence-corrected chi connectivity index (χ3v) is 5.56. The zero-order chi connectivity index (χ0) is 15.4. The number of aryl methyl sites for hydroxylation is 1. The zero-order valence-electron chi connectivity index (χ0n) is 12.1. The summed E-state index contributed by atoms with van der Waals surface area (Å²) in [6.45, 7) is 4.19. The predicted octanol–water partition coefficient (Wildman–Crippen LogP) is 5.87. The topological polar surface area (TPSA) is 26.0 Å². The van der Waals surface area contributed by atoms with Gasteiger partial charge in [-0.25, -0.2) is 0 Å². The number of benzene rings is 2. The van der Waals surface area contributed by atoms with E-state index in [1.165, 1.54) is 11.1 Å². The third-order valence-electron chi connectivity index (χ3n) is 3.41. The SMILES string of the molecule is CCC(N)C(Sc1cc(Cl)ccc1Cl)c1ccc(C)cc1. The minimum atomic E-state index is 0.0627. The van der Waals surface area contributed by atoms with Crippen molar-refractivity contribution in [2.24, 2.45) is 5.73 Å². The summed E-state index contributed by atoms with van der Waals surface area (Å²) in [6, 6.07) is 14.1. The summed E-state index contributed by atoms with van der Waals surface area (Å²) in [7, 11) is 0. The van der Waals surface area contributed by atoms with Gasteiger partial charge in [-0.1, -0.05) is 60.0 Å². The van der Waals surface area contributed by atoms with Crippen molar-refractivity contribution < 1.29 is 0 Å². The van der Waals surface area contributed by atoms with Crippen molar-refractivity contribution in [3.05, 3.63) is 63.6 Å². The van der Waals surface area contributed by atoms with Crippen molar-refractivity contribution in [3.8, 4) is 0 Å². The molecule has 112 valence electrons.